The lowest BCUT2D eigenvalue weighted by molar-refractivity contribution is 0.0661. The van der Waals surface area contributed by atoms with Crippen LogP contribution in [0, 0.1) is 6.92 Å². The molecule has 2 N–H and O–H groups in total. The van der Waals surface area contributed by atoms with E-state index in [1.54, 1.807) is 13.8 Å². The van der Waals surface area contributed by atoms with Crippen molar-refractivity contribution in [1.82, 2.24) is 5.32 Å². The molecule has 6 nitrogen and oxygen atoms in total. The van der Waals surface area contributed by atoms with Crippen LogP contribution >= 0.6 is 0 Å². The van der Waals surface area contributed by atoms with Gasteiger partial charge in [0.15, 0.2) is 0 Å². The number of rotatable bonds is 6. The summed E-state index contributed by atoms with van der Waals surface area (Å²) in [4.78, 5) is 10.7. The second-order valence-electron chi connectivity index (χ2n) is 4.37. The average molecular weight is 275 g/mol. The zero-order valence-corrected chi connectivity index (χ0v) is 11.4. The topological polar surface area (TPSA) is 96.6 Å². The second-order valence-corrected chi connectivity index (χ2v) is 6.56. The first-order chi connectivity index (χ1) is 8.19. The van der Waals surface area contributed by atoms with Crippen LogP contribution in [0.3, 0.4) is 0 Å². The van der Waals surface area contributed by atoms with Crippen molar-refractivity contribution in [2.45, 2.75) is 26.4 Å². The standard InChI is InChI=1S/C11H17NO5S/c1-7(6-18(3,15)16)12-5-9-4-10(11(13)14)17-8(9)2/h4,7,12H,5-6H2,1-3H3,(H,13,14). The molecule has 0 saturated carbocycles. The van der Waals surface area contributed by atoms with Crippen molar-refractivity contribution < 1.29 is 22.7 Å². The molecule has 102 valence electrons. The van der Waals surface area contributed by atoms with Gasteiger partial charge in [0.25, 0.3) is 0 Å². The summed E-state index contributed by atoms with van der Waals surface area (Å²) in [7, 11) is -3.03. The number of hydrogen-bond donors (Lipinski definition) is 2. The van der Waals surface area contributed by atoms with E-state index in [1.807, 2.05) is 0 Å². The predicted octanol–water partition coefficient (Wildman–Crippen LogP) is 0.809. The maximum atomic E-state index is 11.1. The Bertz CT molecular complexity index is 532. The van der Waals surface area contributed by atoms with Gasteiger partial charge in [-0.2, -0.15) is 0 Å². The van der Waals surface area contributed by atoms with E-state index in [9.17, 15) is 13.2 Å². The molecule has 0 aliphatic carbocycles. The van der Waals surface area contributed by atoms with Crippen LogP contribution in [-0.4, -0.2) is 37.5 Å². The van der Waals surface area contributed by atoms with Crippen LogP contribution in [-0.2, 0) is 16.4 Å². The Morgan fingerprint density at radius 3 is 2.61 bits per heavy atom. The Labute approximate surface area is 106 Å². The SMILES string of the molecule is Cc1oc(C(=O)O)cc1CNC(C)CS(C)(=O)=O. The molecule has 0 aliphatic heterocycles. The second kappa shape index (κ2) is 5.53. The molecule has 1 rings (SSSR count). The largest absolute Gasteiger partial charge is 0.475 e. The predicted molar refractivity (Wildman–Crippen MR) is 66.4 cm³/mol. The molecule has 0 aliphatic rings. The first kappa shape index (κ1) is 14.7. The van der Waals surface area contributed by atoms with Crippen molar-refractivity contribution in [2.75, 3.05) is 12.0 Å². The number of aromatic carboxylic acids is 1. The Morgan fingerprint density at radius 1 is 1.56 bits per heavy atom. The Kier molecular flexibility index (Phi) is 4.53. The summed E-state index contributed by atoms with van der Waals surface area (Å²) in [5.41, 5.74) is 0.716. The van der Waals surface area contributed by atoms with E-state index in [0.29, 0.717) is 17.9 Å². The lowest BCUT2D eigenvalue weighted by Crippen LogP contribution is -2.32. The smallest absolute Gasteiger partial charge is 0.371 e. The molecule has 0 bridgehead atoms. The molecule has 1 aromatic rings. The molecule has 0 amide bonds. The summed E-state index contributed by atoms with van der Waals surface area (Å²) < 4.78 is 27.2. The van der Waals surface area contributed by atoms with Gasteiger partial charge in [-0.25, -0.2) is 13.2 Å². The molecule has 0 aromatic carbocycles. The molecule has 0 spiro atoms. The maximum Gasteiger partial charge on any atom is 0.371 e. The van der Waals surface area contributed by atoms with Gasteiger partial charge in [-0.15, -0.1) is 0 Å². The number of carboxylic acids is 1. The minimum absolute atomic E-state index is 0.0374. The van der Waals surface area contributed by atoms with Gasteiger partial charge in [0.2, 0.25) is 5.76 Å². The van der Waals surface area contributed by atoms with Crippen molar-refractivity contribution in [3.8, 4) is 0 Å². The van der Waals surface area contributed by atoms with Gasteiger partial charge in [-0.05, 0) is 19.9 Å². The highest BCUT2D eigenvalue weighted by Gasteiger charge is 2.15. The average Bonchev–Trinajstić information content (AvgIpc) is 2.54. The summed E-state index contributed by atoms with van der Waals surface area (Å²) in [6.07, 6.45) is 1.18. The lowest BCUT2D eigenvalue weighted by Gasteiger charge is -2.11. The van der Waals surface area contributed by atoms with Crippen LogP contribution in [0.4, 0.5) is 0 Å². The molecule has 0 fully saturated rings. The summed E-state index contributed by atoms with van der Waals surface area (Å²) in [5, 5.41) is 11.8. The zero-order chi connectivity index (χ0) is 13.9. The summed E-state index contributed by atoms with van der Waals surface area (Å²) in [5.74, 6) is -0.671. The van der Waals surface area contributed by atoms with E-state index in [-0.39, 0.29) is 17.6 Å². The quantitative estimate of drug-likeness (QED) is 0.797. The third-order valence-electron chi connectivity index (χ3n) is 2.43. The lowest BCUT2D eigenvalue weighted by atomic mass is 10.2. The van der Waals surface area contributed by atoms with E-state index in [4.69, 9.17) is 9.52 Å². The van der Waals surface area contributed by atoms with E-state index >= 15 is 0 Å². The van der Waals surface area contributed by atoms with Crippen LogP contribution in [0.15, 0.2) is 10.5 Å². The maximum absolute atomic E-state index is 11.1. The summed E-state index contributed by atoms with van der Waals surface area (Å²) in [6, 6.07) is 1.24. The van der Waals surface area contributed by atoms with E-state index in [0.717, 1.165) is 0 Å². The van der Waals surface area contributed by atoms with Gasteiger partial charge in [0, 0.05) is 24.4 Å². The fourth-order valence-corrected chi connectivity index (χ4v) is 2.62. The van der Waals surface area contributed by atoms with Gasteiger partial charge < -0.3 is 14.8 Å². The fourth-order valence-electron chi connectivity index (χ4n) is 1.60. The van der Waals surface area contributed by atoms with Crippen LogP contribution < -0.4 is 5.32 Å². The molecule has 0 saturated heterocycles. The number of furan rings is 1. The molecular weight excluding hydrogens is 258 g/mol. The minimum Gasteiger partial charge on any atom is -0.475 e. The van der Waals surface area contributed by atoms with Crippen LogP contribution in [0.25, 0.3) is 0 Å². The van der Waals surface area contributed by atoms with Gasteiger partial charge in [-0.1, -0.05) is 0 Å². The van der Waals surface area contributed by atoms with Gasteiger partial charge in [0.1, 0.15) is 15.6 Å². The van der Waals surface area contributed by atoms with Crippen molar-refractivity contribution in [3.63, 3.8) is 0 Å². The first-order valence-corrected chi connectivity index (χ1v) is 7.49. The minimum atomic E-state index is -3.03. The molecule has 7 heteroatoms. The number of nitrogens with one attached hydrogen (secondary N) is 1. The van der Waals surface area contributed by atoms with Gasteiger partial charge >= 0.3 is 5.97 Å². The van der Waals surface area contributed by atoms with Crippen molar-refractivity contribution in [3.05, 3.63) is 23.2 Å². The summed E-state index contributed by atoms with van der Waals surface area (Å²) >= 11 is 0. The van der Waals surface area contributed by atoms with E-state index < -0.39 is 15.8 Å². The highest BCUT2D eigenvalue weighted by molar-refractivity contribution is 7.90. The Morgan fingerprint density at radius 2 is 2.17 bits per heavy atom. The van der Waals surface area contributed by atoms with Crippen LogP contribution in [0.1, 0.15) is 28.8 Å². The molecular formula is C11H17NO5S. The van der Waals surface area contributed by atoms with E-state index in [2.05, 4.69) is 5.32 Å². The summed E-state index contributed by atoms with van der Waals surface area (Å²) in [6.45, 7) is 3.80. The van der Waals surface area contributed by atoms with Crippen LogP contribution in [0.2, 0.25) is 0 Å². The fraction of sp³-hybridized carbons (Fsp3) is 0.545. The highest BCUT2D eigenvalue weighted by Crippen LogP contribution is 2.14. The molecule has 1 aromatic heterocycles. The van der Waals surface area contributed by atoms with Crippen molar-refractivity contribution >= 4 is 15.8 Å². The Balaban J connectivity index is 2.61. The van der Waals surface area contributed by atoms with Crippen molar-refractivity contribution in [1.29, 1.82) is 0 Å². The third-order valence-corrected chi connectivity index (χ3v) is 3.53. The van der Waals surface area contributed by atoms with Crippen LogP contribution in [0.5, 0.6) is 0 Å². The zero-order valence-electron chi connectivity index (χ0n) is 10.6. The third kappa shape index (κ3) is 4.50. The first-order valence-electron chi connectivity index (χ1n) is 5.42. The van der Waals surface area contributed by atoms with Crippen molar-refractivity contribution in [2.24, 2.45) is 0 Å². The molecule has 1 atom stereocenters. The molecule has 18 heavy (non-hydrogen) atoms. The number of carboxylic acid groups (broad SMARTS) is 1. The van der Waals surface area contributed by atoms with Gasteiger partial charge in [-0.3, -0.25) is 0 Å². The number of aryl methyl sites for hydroxylation is 1. The molecule has 0 radical (unpaired) electrons. The van der Waals surface area contributed by atoms with E-state index in [1.165, 1.54) is 12.3 Å². The highest BCUT2D eigenvalue weighted by atomic mass is 32.2. The number of hydrogen-bond acceptors (Lipinski definition) is 5. The normalized spacial score (nSPS) is 13.5. The number of carbonyl (C=O) groups is 1. The monoisotopic (exact) mass is 275 g/mol. The Hall–Kier alpha value is -1.34. The van der Waals surface area contributed by atoms with Gasteiger partial charge in [0.05, 0.1) is 5.75 Å². The molecule has 1 heterocycles. The number of sulfone groups is 1. The molecule has 1 unspecified atom stereocenters.